The number of carbonyl (C=O) groups excluding carboxylic acids is 1. The third kappa shape index (κ3) is 12.5. The van der Waals surface area contributed by atoms with Crippen LogP contribution in [0.3, 0.4) is 0 Å². The average Bonchev–Trinajstić information content (AvgIpc) is 2.40. The van der Waals surface area contributed by atoms with Gasteiger partial charge < -0.3 is 33.4 Å². The molecule has 0 heterocycles. The Morgan fingerprint density at radius 2 is 1.64 bits per heavy atom. The lowest BCUT2D eigenvalue weighted by Crippen LogP contribution is -2.57. The first-order valence-corrected chi connectivity index (χ1v) is 7.85. The summed E-state index contributed by atoms with van der Waals surface area (Å²) in [6.07, 6.45) is 5.95. The second-order valence-corrected chi connectivity index (χ2v) is 5.77. The summed E-state index contributed by atoms with van der Waals surface area (Å²) in [7, 11) is 0. The molecule has 10 N–H and O–H groups in total. The van der Waals surface area contributed by atoms with Crippen LogP contribution in [-0.2, 0) is 9.59 Å². The van der Waals surface area contributed by atoms with Crippen LogP contribution in [0.4, 0.5) is 0 Å². The quantitative estimate of drug-likeness (QED) is 0.197. The molecule has 0 aliphatic carbocycles. The van der Waals surface area contributed by atoms with Crippen molar-refractivity contribution in [1.29, 1.82) is 0 Å². The fourth-order valence-electron chi connectivity index (χ4n) is 2.09. The number of nitrogens with one attached hydrogen (secondary N) is 1. The summed E-state index contributed by atoms with van der Waals surface area (Å²) < 4.78 is 0. The van der Waals surface area contributed by atoms with Crippen molar-refractivity contribution in [2.24, 2.45) is 22.9 Å². The van der Waals surface area contributed by atoms with E-state index >= 15 is 0 Å². The van der Waals surface area contributed by atoms with E-state index in [0.29, 0.717) is 38.6 Å². The minimum Gasteiger partial charge on any atom is -0.480 e. The van der Waals surface area contributed by atoms with Crippen molar-refractivity contribution in [2.75, 3.05) is 6.54 Å². The third-order valence-electron chi connectivity index (χ3n) is 3.34. The van der Waals surface area contributed by atoms with Crippen LogP contribution in [0, 0.1) is 0 Å². The Morgan fingerprint density at radius 1 is 1.00 bits per heavy atom. The maximum Gasteiger partial charge on any atom is 0.326 e. The lowest BCUT2D eigenvalue weighted by Gasteiger charge is -2.17. The smallest absolute Gasteiger partial charge is 0.326 e. The molecule has 0 aromatic rings. The zero-order chi connectivity index (χ0) is 17.0. The van der Waals surface area contributed by atoms with Gasteiger partial charge in [0.1, 0.15) is 11.8 Å². The van der Waals surface area contributed by atoms with Gasteiger partial charge in [0.25, 0.3) is 0 Å². The van der Waals surface area contributed by atoms with Crippen molar-refractivity contribution < 1.29 is 14.7 Å². The molecule has 0 rings (SSSR count). The Bertz CT molecular complexity index is 331. The number of hydrogen-bond donors (Lipinski definition) is 6. The van der Waals surface area contributed by atoms with Crippen LogP contribution in [-0.4, -0.2) is 35.4 Å². The Balaban J connectivity index is 3.79. The van der Waals surface area contributed by atoms with Crippen LogP contribution in [0.2, 0.25) is 0 Å². The highest BCUT2D eigenvalue weighted by Crippen LogP contribution is 2.08. The number of unbranched alkanes of at least 4 members (excludes halogenated alkanes) is 4. The van der Waals surface area contributed by atoms with Gasteiger partial charge in [-0.25, -0.2) is 4.79 Å². The van der Waals surface area contributed by atoms with E-state index in [1.165, 1.54) is 0 Å². The number of amides is 1. The number of carbonyl (C=O) groups is 2. The summed E-state index contributed by atoms with van der Waals surface area (Å²) in [6, 6.07) is -0.827. The van der Waals surface area contributed by atoms with Gasteiger partial charge in [0.15, 0.2) is 0 Å². The van der Waals surface area contributed by atoms with Crippen LogP contribution >= 0.6 is 0 Å². The molecular formula is C14H31N5O3. The van der Waals surface area contributed by atoms with Crippen molar-refractivity contribution in [3.05, 3.63) is 0 Å². The number of aliphatic carboxylic acids is 1. The van der Waals surface area contributed by atoms with E-state index in [-0.39, 0.29) is 5.91 Å². The molecule has 0 aliphatic heterocycles. The maximum atomic E-state index is 11.7. The van der Waals surface area contributed by atoms with E-state index in [9.17, 15) is 9.59 Å². The fraction of sp³-hybridized carbons (Fsp3) is 0.857. The Hall–Kier alpha value is -1.22. The largest absolute Gasteiger partial charge is 0.480 e. The summed E-state index contributed by atoms with van der Waals surface area (Å²) in [4.78, 5) is 22.8. The van der Waals surface area contributed by atoms with Gasteiger partial charge in [0, 0.05) is 6.42 Å². The second kappa shape index (κ2) is 11.4. The highest BCUT2D eigenvalue weighted by Gasteiger charge is 2.18. The van der Waals surface area contributed by atoms with Crippen LogP contribution < -0.4 is 28.3 Å². The van der Waals surface area contributed by atoms with E-state index in [2.05, 4.69) is 5.32 Å². The molecule has 0 bridgehead atoms. The molecule has 0 aromatic carbocycles. The summed E-state index contributed by atoms with van der Waals surface area (Å²) in [5, 5.41) is 11.6. The summed E-state index contributed by atoms with van der Waals surface area (Å²) >= 11 is 0. The van der Waals surface area contributed by atoms with Crippen molar-refractivity contribution in [3.8, 4) is 0 Å². The number of hydrogen-bond acceptors (Lipinski definition) is 6. The molecule has 8 nitrogen and oxygen atoms in total. The van der Waals surface area contributed by atoms with E-state index in [4.69, 9.17) is 28.0 Å². The Labute approximate surface area is 132 Å². The van der Waals surface area contributed by atoms with Crippen molar-refractivity contribution in [1.82, 2.24) is 5.32 Å². The number of carboxylic acid groups (broad SMARTS) is 1. The first-order chi connectivity index (χ1) is 10.3. The number of nitrogens with two attached hydrogens (primary N) is 4. The Kier molecular flexibility index (Phi) is 10.7. The molecule has 22 heavy (non-hydrogen) atoms. The third-order valence-corrected chi connectivity index (χ3v) is 3.34. The monoisotopic (exact) mass is 317 g/mol. The maximum absolute atomic E-state index is 11.7. The first kappa shape index (κ1) is 20.8. The minimum absolute atomic E-state index is 0.231. The van der Waals surface area contributed by atoms with Crippen LogP contribution in [0.25, 0.3) is 0 Å². The van der Waals surface area contributed by atoms with Crippen LogP contribution in [0.1, 0.15) is 57.8 Å². The molecular weight excluding hydrogens is 286 g/mol. The fourth-order valence-corrected chi connectivity index (χ4v) is 2.09. The molecule has 0 spiro atoms. The first-order valence-electron chi connectivity index (χ1n) is 7.85. The van der Waals surface area contributed by atoms with E-state index in [1.54, 1.807) is 0 Å². The van der Waals surface area contributed by atoms with Gasteiger partial charge in [-0.3, -0.25) is 4.79 Å². The van der Waals surface area contributed by atoms with Gasteiger partial charge in [-0.2, -0.15) is 0 Å². The molecule has 8 heteroatoms. The van der Waals surface area contributed by atoms with E-state index in [1.807, 2.05) is 0 Å². The molecule has 0 fully saturated rings. The molecule has 1 amide bonds. The highest BCUT2D eigenvalue weighted by atomic mass is 16.4. The lowest BCUT2D eigenvalue weighted by atomic mass is 10.1. The molecule has 0 saturated carbocycles. The molecule has 0 aliphatic rings. The molecule has 0 unspecified atom stereocenters. The second-order valence-electron chi connectivity index (χ2n) is 5.77. The Morgan fingerprint density at radius 3 is 2.18 bits per heavy atom. The summed E-state index contributed by atoms with van der Waals surface area (Å²) in [5.74, 6) is -2.36. The van der Waals surface area contributed by atoms with Gasteiger partial charge in [-0.05, 0) is 45.1 Å². The SMILES string of the molecule is NCCCC[C@H](NC(=O)CCCCCCC(N)(N)N)C(=O)O. The highest BCUT2D eigenvalue weighted by molar-refractivity contribution is 5.83. The average molecular weight is 317 g/mol. The van der Waals surface area contributed by atoms with Crippen molar-refractivity contribution in [2.45, 2.75) is 69.6 Å². The van der Waals surface area contributed by atoms with Crippen molar-refractivity contribution >= 4 is 11.9 Å². The lowest BCUT2D eigenvalue weighted by molar-refractivity contribution is -0.142. The van der Waals surface area contributed by atoms with E-state index in [0.717, 1.165) is 25.7 Å². The van der Waals surface area contributed by atoms with Crippen LogP contribution in [0.5, 0.6) is 0 Å². The zero-order valence-electron chi connectivity index (χ0n) is 13.2. The van der Waals surface area contributed by atoms with Gasteiger partial charge in [0.05, 0.1) is 0 Å². The molecule has 1 atom stereocenters. The van der Waals surface area contributed by atoms with Gasteiger partial charge >= 0.3 is 5.97 Å². The molecule has 130 valence electrons. The normalized spacial score (nSPS) is 12.9. The van der Waals surface area contributed by atoms with E-state index < -0.39 is 17.8 Å². The zero-order valence-corrected chi connectivity index (χ0v) is 13.2. The van der Waals surface area contributed by atoms with Crippen molar-refractivity contribution in [3.63, 3.8) is 0 Å². The van der Waals surface area contributed by atoms with Gasteiger partial charge in [0.2, 0.25) is 5.91 Å². The summed E-state index contributed by atoms with van der Waals surface area (Å²) in [5.41, 5.74) is 21.7. The van der Waals surface area contributed by atoms with Crippen LogP contribution in [0.15, 0.2) is 0 Å². The molecule has 0 saturated heterocycles. The number of carboxylic acids is 1. The van der Waals surface area contributed by atoms with Gasteiger partial charge in [-0.15, -0.1) is 0 Å². The van der Waals surface area contributed by atoms with Gasteiger partial charge in [-0.1, -0.05) is 12.8 Å². The molecule has 0 radical (unpaired) electrons. The predicted molar refractivity (Wildman–Crippen MR) is 85.5 cm³/mol. The summed E-state index contributed by atoms with van der Waals surface area (Å²) in [6.45, 7) is 0.524. The standard InChI is InChI=1S/C14H31N5O3/c15-10-6-4-7-11(13(21)22)19-12(20)8-3-1-2-5-9-14(16,17)18/h11H,1-10,15-18H2,(H,19,20)(H,21,22)/t11-/m0/s1. The minimum atomic E-state index is -1.13. The molecule has 0 aromatic heterocycles. The topological polar surface area (TPSA) is 170 Å². The predicted octanol–water partition coefficient (Wildman–Crippen LogP) is -0.445. The number of rotatable bonds is 13.